The quantitative estimate of drug-likeness (QED) is 0.248. The van der Waals surface area contributed by atoms with Crippen molar-refractivity contribution >= 4 is 23.5 Å². The van der Waals surface area contributed by atoms with E-state index in [-0.39, 0.29) is 23.5 Å². The number of nitrogens with two attached hydrogens (primary N) is 1. The number of benzene rings is 2. The van der Waals surface area contributed by atoms with Crippen molar-refractivity contribution in [3.63, 3.8) is 0 Å². The van der Waals surface area contributed by atoms with Gasteiger partial charge in [0.15, 0.2) is 5.82 Å². The molecule has 1 aliphatic heterocycles. The number of rotatable bonds is 9. The van der Waals surface area contributed by atoms with Crippen molar-refractivity contribution in [3.8, 4) is 17.3 Å². The van der Waals surface area contributed by atoms with Gasteiger partial charge in [-0.05, 0) is 75.7 Å². The van der Waals surface area contributed by atoms with Gasteiger partial charge in [0, 0.05) is 37.0 Å². The largest absolute Gasteiger partial charge is 0.474 e. The number of piperidine rings is 1. The Bertz CT molecular complexity index is 1240. The van der Waals surface area contributed by atoms with Crippen LogP contribution in [-0.4, -0.2) is 45.8 Å². The van der Waals surface area contributed by atoms with Gasteiger partial charge in [-0.2, -0.15) is 4.98 Å². The molecule has 0 unspecified atom stereocenters. The normalized spacial score (nSPS) is 14.8. The van der Waals surface area contributed by atoms with Crippen molar-refractivity contribution in [2.24, 2.45) is 0 Å². The van der Waals surface area contributed by atoms with E-state index in [1.54, 1.807) is 13.0 Å². The van der Waals surface area contributed by atoms with Crippen LogP contribution in [0, 0.1) is 18.2 Å². The van der Waals surface area contributed by atoms with Gasteiger partial charge in [-0.25, -0.2) is 9.37 Å². The Hall–Kier alpha value is -3.01. The third-order valence-corrected chi connectivity index (χ3v) is 7.34. The van der Waals surface area contributed by atoms with Crippen LogP contribution in [0.15, 0.2) is 47.4 Å². The number of hydrogen-bond acceptors (Lipinski definition) is 8. The van der Waals surface area contributed by atoms with Crippen LogP contribution >= 0.6 is 11.9 Å². The predicted octanol–water partition coefficient (Wildman–Crippen LogP) is 5.61. The number of nitrogens with zero attached hydrogens (tertiary/aromatic N) is 3. The fourth-order valence-electron chi connectivity index (χ4n) is 4.35. The fourth-order valence-corrected chi connectivity index (χ4v) is 5.15. The average molecular weight is 523 g/mol. The first-order valence-corrected chi connectivity index (χ1v) is 13.4. The smallest absolute Gasteiger partial charge is 0.228 e. The highest BCUT2D eigenvalue weighted by Gasteiger charge is 2.25. The highest BCUT2D eigenvalue weighted by atomic mass is 32.2. The van der Waals surface area contributed by atoms with E-state index in [1.165, 1.54) is 18.0 Å². The molecule has 0 radical (unpaired) electrons. The molecule has 2 aromatic carbocycles. The molecule has 0 spiro atoms. The van der Waals surface area contributed by atoms with E-state index in [0.29, 0.717) is 34.7 Å². The lowest BCUT2D eigenvalue weighted by Gasteiger charge is -2.34. The van der Waals surface area contributed by atoms with Gasteiger partial charge in [0.05, 0.1) is 10.5 Å². The molecule has 4 N–H and O–H groups in total. The molecule has 1 fully saturated rings. The first kappa shape index (κ1) is 27.0. The van der Waals surface area contributed by atoms with E-state index in [0.717, 1.165) is 42.6 Å². The summed E-state index contributed by atoms with van der Waals surface area (Å²) in [5.74, 6) is 0.850. The summed E-state index contributed by atoms with van der Waals surface area (Å²) in [4.78, 5) is 12.2. The van der Waals surface area contributed by atoms with Crippen LogP contribution < -0.4 is 15.2 Å². The van der Waals surface area contributed by atoms with Crippen LogP contribution in [-0.2, 0) is 6.54 Å². The zero-order valence-corrected chi connectivity index (χ0v) is 22.7. The number of aromatic nitrogens is 2. The van der Waals surface area contributed by atoms with Gasteiger partial charge < -0.3 is 20.8 Å². The van der Waals surface area contributed by atoms with Crippen LogP contribution in [0.5, 0.6) is 5.88 Å². The SMILES string of the molecule is CC(=N)c1c(N)nc(-c2ccc(CNSc3cc(C)ccc3F)cc2)nc1OC1CCN(C(C)C)CC1. The van der Waals surface area contributed by atoms with Gasteiger partial charge in [-0.3, -0.25) is 4.72 Å². The van der Waals surface area contributed by atoms with Gasteiger partial charge >= 0.3 is 0 Å². The number of likely N-dealkylation sites (tertiary alicyclic amines) is 1. The molecule has 4 rings (SSSR count). The van der Waals surface area contributed by atoms with Crippen LogP contribution in [0.2, 0.25) is 0 Å². The van der Waals surface area contributed by atoms with Crippen LogP contribution in [0.1, 0.15) is 50.3 Å². The van der Waals surface area contributed by atoms with Crippen LogP contribution in [0.25, 0.3) is 11.4 Å². The molecule has 0 aliphatic carbocycles. The highest BCUT2D eigenvalue weighted by Crippen LogP contribution is 2.29. The molecule has 0 bridgehead atoms. The molecule has 7 nitrogen and oxygen atoms in total. The van der Waals surface area contributed by atoms with Crippen LogP contribution in [0.3, 0.4) is 0 Å². The van der Waals surface area contributed by atoms with E-state index in [9.17, 15) is 4.39 Å². The minimum atomic E-state index is -0.236. The summed E-state index contributed by atoms with van der Waals surface area (Å²) in [6, 6.07) is 13.4. The number of nitrogen functional groups attached to an aromatic ring is 1. The number of aryl methyl sites for hydroxylation is 1. The van der Waals surface area contributed by atoms with Gasteiger partial charge in [0.25, 0.3) is 0 Å². The predicted molar refractivity (Wildman–Crippen MR) is 149 cm³/mol. The maximum atomic E-state index is 14.0. The number of anilines is 1. The van der Waals surface area contributed by atoms with Crippen molar-refractivity contribution in [2.45, 2.75) is 64.1 Å². The van der Waals surface area contributed by atoms with E-state index in [2.05, 4.69) is 28.5 Å². The van der Waals surface area contributed by atoms with Crippen molar-refractivity contribution in [3.05, 3.63) is 65.0 Å². The number of ether oxygens (including phenoxy) is 1. The Morgan fingerprint density at radius 2 is 1.89 bits per heavy atom. The molecule has 0 amide bonds. The lowest BCUT2D eigenvalue weighted by molar-refractivity contribution is 0.0812. The summed E-state index contributed by atoms with van der Waals surface area (Å²) < 4.78 is 23.5. The molecule has 0 atom stereocenters. The fraction of sp³-hybridized carbons (Fsp3) is 0.393. The summed E-state index contributed by atoms with van der Waals surface area (Å²) in [7, 11) is 0. The van der Waals surface area contributed by atoms with E-state index >= 15 is 0 Å². The Balaban J connectivity index is 1.46. The monoisotopic (exact) mass is 522 g/mol. The Labute approximate surface area is 222 Å². The molecule has 196 valence electrons. The molecule has 2 heterocycles. The average Bonchev–Trinajstić information content (AvgIpc) is 2.86. The number of hydrogen-bond donors (Lipinski definition) is 3. The summed E-state index contributed by atoms with van der Waals surface area (Å²) in [5.41, 5.74) is 9.88. The standard InChI is InChI=1S/C28H35FN6OS/c1-17(2)35-13-11-22(12-14-35)36-28-25(19(4)30)26(31)33-27(34-28)21-8-6-20(7-9-21)16-32-37-24-15-18(3)5-10-23(24)29/h5-10,15,17,22,30,32H,11-14,16H2,1-4H3,(H2,31,33,34). The van der Waals surface area contributed by atoms with Crippen molar-refractivity contribution in [2.75, 3.05) is 18.8 Å². The maximum Gasteiger partial charge on any atom is 0.228 e. The first-order chi connectivity index (χ1) is 17.7. The second-order valence-corrected chi connectivity index (χ2v) is 10.7. The van der Waals surface area contributed by atoms with Crippen molar-refractivity contribution in [1.29, 1.82) is 5.41 Å². The molecule has 1 aliphatic rings. The third-order valence-electron chi connectivity index (χ3n) is 6.52. The molecule has 37 heavy (non-hydrogen) atoms. The Morgan fingerprint density at radius 3 is 2.54 bits per heavy atom. The highest BCUT2D eigenvalue weighted by molar-refractivity contribution is 7.97. The lowest BCUT2D eigenvalue weighted by Crippen LogP contribution is -2.42. The molecule has 9 heteroatoms. The topological polar surface area (TPSA) is 100 Å². The van der Waals surface area contributed by atoms with Crippen LogP contribution in [0.4, 0.5) is 10.2 Å². The lowest BCUT2D eigenvalue weighted by atomic mass is 10.1. The molecular formula is C28H35FN6OS. The molecule has 0 saturated carbocycles. The minimum absolute atomic E-state index is 0.0273. The maximum absolute atomic E-state index is 14.0. The Morgan fingerprint density at radius 1 is 1.19 bits per heavy atom. The molecule has 1 saturated heterocycles. The minimum Gasteiger partial charge on any atom is -0.474 e. The zero-order valence-electron chi connectivity index (χ0n) is 21.8. The summed E-state index contributed by atoms with van der Waals surface area (Å²) in [6.45, 7) is 10.5. The van der Waals surface area contributed by atoms with E-state index in [4.69, 9.17) is 20.9 Å². The first-order valence-electron chi connectivity index (χ1n) is 12.6. The molecule has 1 aromatic heterocycles. The summed E-state index contributed by atoms with van der Waals surface area (Å²) in [5, 5.41) is 8.20. The van der Waals surface area contributed by atoms with Gasteiger partial charge in [-0.1, -0.05) is 30.3 Å². The van der Waals surface area contributed by atoms with Gasteiger partial charge in [0.2, 0.25) is 5.88 Å². The molecular weight excluding hydrogens is 487 g/mol. The second-order valence-electron chi connectivity index (χ2n) is 9.74. The number of halogens is 1. The van der Waals surface area contributed by atoms with Gasteiger partial charge in [-0.15, -0.1) is 0 Å². The number of nitrogens with one attached hydrogen (secondary N) is 2. The van der Waals surface area contributed by atoms with E-state index < -0.39 is 0 Å². The third kappa shape index (κ3) is 6.85. The zero-order chi connectivity index (χ0) is 26.5. The van der Waals surface area contributed by atoms with Crippen molar-refractivity contribution < 1.29 is 9.13 Å². The second kappa shape index (κ2) is 12.0. The molecule has 3 aromatic rings. The summed E-state index contributed by atoms with van der Waals surface area (Å²) in [6.07, 6.45) is 1.83. The van der Waals surface area contributed by atoms with Crippen molar-refractivity contribution in [1.82, 2.24) is 19.6 Å². The van der Waals surface area contributed by atoms with Gasteiger partial charge in [0.1, 0.15) is 17.7 Å². The Kier molecular flexibility index (Phi) is 8.79. The van der Waals surface area contributed by atoms with E-state index in [1.807, 2.05) is 37.3 Å². The summed E-state index contributed by atoms with van der Waals surface area (Å²) >= 11 is 1.28.